The van der Waals surface area contributed by atoms with Crippen molar-refractivity contribution in [1.82, 2.24) is 5.16 Å². The second-order valence-corrected chi connectivity index (χ2v) is 6.77. The van der Waals surface area contributed by atoms with Crippen LogP contribution in [0.1, 0.15) is 21.8 Å². The Morgan fingerprint density at radius 2 is 2.05 bits per heavy atom. The van der Waals surface area contributed by atoms with Gasteiger partial charge < -0.3 is 9.26 Å². The number of rotatable bonds is 5. The van der Waals surface area contributed by atoms with Crippen molar-refractivity contribution in [3.63, 3.8) is 0 Å². The highest BCUT2D eigenvalue weighted by molar-refractivity contribution is 7.92. The third-order valence-electron chi connectivity index (χ3n) is 2.98. The maximum atomic E-state index is 12.2. The van der Waals surface area contributed by atoms with Crippen molar-refractivity contribution in [3.8, 4) is 0 Å². The lowest BCUT2D eigenvalue weighted by atomic mass is 10.2. The van der Waals surface area contributed by atoms with Gasteiger partial charge in [-0.2, -0.15) is 0 Å². The summed E-state index contributed by atoms with van der Waals surface area (Å²) in [6.45, 7) is 1.68. The summed E-state index contributed by atoms with van der Waals surface area (Å²) in [5.41, 5.74) is 1.10. The lowest BCUT2D eigenvalue weighted by Crippen LogP contribution is -2.26. The summed E-state index contributed by atoms with van der Waals surface area (Å²) in [6.07, 6.45) is 1.06. The molecule has 0 fully saturated rings. The van der Waals surface area contributed by atoms with Crippen molar-refractivity contribution in [3.05, 3.63) is 47.3 Å². The molecule has 0 atom stereocenters. The Kier molecular flexibility index (Phi) is 4.51. The van der Waals surface area contributed by atoms with Crippen LogP contribution < -0.4 is 4.31 Å². The molecule has 8 heteroatoms. The summed E-state index contributed by atoms with van der Waals surface area (Å²) < 4.78 is 34.4. The predicted molar refractivity (Wildman–Crippen MR) is 80.0 cm³/mol. The molecule has 0 aliphatic heterocycles. The molecule has 0 amide bonds. The molecule has 0 bridgehead atoms. The number of esters is 1. The van der Waals surface area contributed by atoms with E-state index in [-0.39, 0.29) is 17.9 Å². The Labute approximate surface area is 128 Å². The molecule has 0 radical (unpaired) electrons. The van der Waals surface area contributed by atoms with E-state index in [9.17, 15) is 13.2 Å². The van der Waals surface area contributed by atoms with Gasteiger partial charge >= 0.3 is 5.97 Å². The van der Waals surface area contributed by atoms with Crippen molar-refractivity contribution >= 4 is 21.7 Å². The second kappa shape index (κ2) is 6.18. The minimum absolute atomic E-state index is 0.0728. The van der Waals surface area contributed by atoms with Crippen LogP contribution in [0.3, 0.4) is 0 Å². The van der Waals surface area contributed by atoms with Crippen LogP contribution in [-0.2, 0) is 21.4 Å². The first-order valence-corrected chi connectivity index (χ1v) is 8.26. The van der Waals surface area contributed by atoms with Crippen LogP contribution in [0, 0.1) is 6.92 Å². The second-order valence-electron chi connectivity index (χ2n) is 4.76. The molecule has 22 heavy (non-hydrogen) atoms. The van der Waals surface area contributed by atoms with Gasteiger partial charge in [0.15, 0.2) is 12.4 Å². The number of carbonyl (C=O) groups is 1. The first-order valence-electron chi connectivity index (χ1n) is 6.41. The standard InChI is InChI=1S/C14H16N2O5S/c1-10-8-11(21-15-10)9-20-14(17)12-6-4-5-7-13(12)16(2)22(3,18)19/h4-8H,9H2,1-3H3. The smallest absolute Gasteiger partial charge is 0.340 e. The highest BCUT2D eigenvalue weighted by Gasteiger charge is 2.20. The van der Waals surface area contributed by atoms with E-state index in [2.05, 4.69) is 5.16 Å². The molecule has 0 unspecified atom stereocenters. The molecule has 0 aliphatic carbocycles. The van der Waals surface area contributed by atoms with Gasteiger partial charge in [0.1, 0.15) is 0 Å². The number of ether oxygens (including phenoxy) is 1. The van der Waals surface area contributed by atoms with Crippen molar-refractivity contribution < 1.29 is 22.5 Å². The molecule has 0 N–H and O–H groups in total. The number of carbonyl (C=O) groups excluding carboxylic acids is 1. The minimum atomic E-state index is -3.48. The van der Waals surface area contributed by atoms with Gasteiger partial charge in [-0.1, -0.05) is 17.3 Å². The molecule has 1 aromatic carbocycles. The summed E-state index contributed by atoms with van der Waals surface area (Å²) in [6, 6.07) is 7.98. The number of aromatic nitrogens is 1. The van der Waals surface area contributed by atoms with Gasteiger partial charge in [0.05, 0.1) is 23.2 Å². The van der Waals surface area contributed by atoms with Crippen molar-refractivity contribution in [1.29, 1.82) is 0 Å². The topological polar surface area (TPSA) is 89.7 Å². The van der Waals surface area contributed by atoms with E-state index in [0.29, 0.717) is 11.5 Å². The number of sulfonamides is 1. The minimum Gasteiger partial charge on any atom is -0.454 e. The normalized spacial score (nSPS) is 11.2. The molecule has 0 spiro atoms. The fourth-order valence-corrected chi connectivity index (χ4v) is 2.31. The Balaban J connectivity index is 2.19. The van der Waals surface area contributed by atoms with E-state index in [0.717, 1.165) is 10.6 Å². The average Bonchev–Trinajstić information content (AvgIpc) is 2.88. The van der Waals surface area contributed by atoms with Crippen LogP contribution in [0.25, 0.3) is 0 Å². The van der Waals surface area contributed by atoms with Crippen molar-refractivity contribution in [2.75, 3.05) is 17.6 Å². The number of hydrogen-bond acceptors (Lipinski definition) is 6. The zero-order chi connectivity index (χ0) is 16.3. The molecular weight excluding hydrogens is 308 g/mol. The van der Waals surface area contributed by atoms with Crippen LogP contribution >= 0.6 is 0 Å². The van der Waals surface area contributed by atoms with Gasteiger partial charge in [-0.25, -0.2) is 13.2 Å². The van der Waals surface area contributed by atoms with Crippen molar-refractivity contribution in [2.24, 2.45) is 0 Å². The van der Waals surface area contributed by atoms with Gasteiger partial charge in [0, 0.05) is 13.1 Å². The number of nitrogens with zero attached hydrogens (tertiary/aromatic N) is 2. The molecule has 2 rings (SSSR count). The van der Waals surface area contributed by atoms with Crippen LogP contribution in [0.5, 0.6) is 0 Å². The van der Waals surface area contributed by atoms with Crippen molar-refractivity contribution in [2.45, 2.75) is 13.5 Å². The molecule has 1 aromatic heterocycles. The highest BCUT2D eigenvalue weighted by atomic mass is 32.2. The zero-order valence-electron chi connectivity index (χ0n) is 12.4. The van der Waals surface area contributed by atoms with E-state index < -0.39 is 16.0 Å². The third-order valence-corrected chi connectivity index (χ3v) is 4.17. The fraction of sp³-hybridized carbons (Fsp3) is 0.286. The molecule has 0 aliphatic rings. The van der Waals surface area contributed by atoms with E-state index in [4.69, 9.17) is 9.26 Å². The third kappa shape index (κ3) is 3.64. The number of benzene rings is 1. The Morgan fingerprint density at radius 3 is 2.64 bits per heavy atom. The van der Waals surface area contributed by atoms with Crippen LogP contribution in [0.15, 0.2) is 34.9 Å². The van der Waals surface area contributed by atoms with Gasteiger partial charge in [-0.05, 0) is 19.1 Å². The van der Waals surface area contributed by atoms with Gasteiger partial charge in [-0.3, -0.25) is 4.31 Å². The molecule has 7 nitrogen and oxygen atoms in total. The first kappa shape index (κ1) is 16.0. The number of hydrogen-bond donors (Lipinski definition) is 0. The maximum absolute atomic E-state index is 12.2. The van der Waals surface area contributed by atoms with Crippen LogP contribution in [0.4, 0.5) is 5.69 Å². The Hall–Kier alpha value is -2.35. The predicted octanol–water partition coefficient (Wildman–Crippen LogP) is 1.74. The van der Waals surface area contributed by atoms with Crippen LogP contribution in [-0.4, -0.2) is 32.8 Å². The number of para-hydroxylation sites is 1. The van der Waals surface area contributed by atoms with E-state index in [1.54, 1.807) is 25.1 Å². The quantitative estimate of drug-likeness (QED) is 0.778. The summed E-state index contributed by atoms with van der Waals surface area (Å²) in [5, 5.41) is 3.69. The maximum Gasteiger partial charge on any atom is 0.340 e. The average molecular weight is 324 g/mol. The van der Waals surface area contributed by atoms with E-state index >= 15 is 0 Å². The molecule has 0 saturated carbocycles. The lowest BCUT2D eigenvalue weighted by molar-refractivity contribution is 0.0438. The monoisotopic (exact) mass is 324 g/mol. The molecule has 1 heterocycles. The summed E-state index contributed by atoms with van der Waals surface area (Å²) in [5.74, 6) is -0.222. The van der Waals surface area contributed by atoms with Gasteiger partial charge in [-0.15, -0.1) is 0 Å². The SMILES string of the molecule is Cc1cc(COC(=O)c2ccccc2N(C)S(C)(=O)=O)on1. The highest BCUT2D eigenvalue weighted by Crippen LogP contribution is 2.22. The summed E-state index contributed by atoms with van der Waals surface area (Å²) >= 11 is 0. The Bertz CT molecular complexity index is 782. The largest absolute Gasteiger partial charge is 0.454 e. The fourth-order valence-electron chi connectivity index (χ4n) is 1.80. The zero-order valence-corrected chi connectivity index (χ0v) is 13.3. The molecular formula is C14H16N2O5S. The summed E-state index contributed by atoms with van der Waals surface area (Å²) in [7, 11) is -2.10. The van der Waals surface area contributed by atoms with E-state index in [1.165, 1.54) is 19.2 Å². The number of aryl methyl sites for hydroxylation is 1. The number of anilines is 1. The molecule has 118 valence electrons. The van der Waals surface area contributed by atoms with Gasteiger partial charge in [0.2, 0.25) is 10.0 Å². The Morgan fingerprint density at radius 1 is 1.36 bits per heavy atom. The van der Waals surface area contributed by atoms with Crippen LogP contribution in [0.2, 0.25) is 0 Å². The lowest BCUT2D eigenvalue weighted by Gasteiger charge is -2.19. The van der Waals surface area contributed by atoms with E-state index in [1.807, 2.05) is 0 Å². The first-order chi connectivity index (χ1) is 10.3. The summed E-state index contributed by atoms with van der Waals surface area (Å²) in [4.78, 5) is 12.2. The molecule has 0 saturated heterocycles. The molecule has 2 aromatic rings. The van der Waals surface area contributed by atoms with Gasteiger partial charge in [0.25, 0.3) is 0 Å².